The molecule has 5 rings (SSSR count). The van der Waals surface area contributed by atoms with Crippen molar-refractivity contribution in [2.75, 3.05) is 17.2 Å². The molecule has 0 saturated heterocycles. The maximum atomic E-state index is 14.2. The van der Waals surface area contributed by atoms with Crippen molar-refractivity contribution in [3.63, 3.8) is 0 Å². The maximum Gasteiger partial charge on any atom is 0.163 e. The van der Waals surface area contributed by atoms with Crippen molar-refractivity contribution < 1.29 is 9.18 Å². The Bertz CT molecular complexity index is 1340. The predicted molar refractivity (Wildman–Crippen MR) is 124 cm³/mol. The summed E-state index contributed by atoms with van der Waals surface area (Å²) in [5.74, 6) is 1.37. The van der Waals surface area contributed by atoms with E-state index in [0.717, 1.165) is 51.9 Å². The van der Waals surface area contributed by atoms with Crippen LogP contribution in [0.2, 0.25) is 0 Å². The van der Waals surface area contributed by atoms with Gasteiger partial charge in [-0.1, -0.05) is 6.07 Å². The third kappa shape index (κ3) is 3.70. The molecule has 0 atom stereocenters. The molecule has 0 aliphatic heterocycles. The molecular weight excluding hydrogens is 405 g/mol. The first-order chi connectivity index (χ1) is 15.5. The summed E-state index contributed by atoms with van der Waals surface area (Å²) in [5.41, 5.74) is 6.53. The van der Waals surface area contributed by atoms with Crippen molar-refractivity contribution in [2.24, 2.45) is 0 Å². The van der Waals surface area contributed by atoms with Crippen LogP contribution in [-0.4, -0.2) is 27.3 Å². The monoisotopic (exact) mass is 429 g/mol. The highest BCUT2D eigenvalue weighted by molar-refractivity contribution is 6.00. The van der Waals surface area contributed by atoms with Gasteiger partial charge in [0.2, 0.25) is 0 Å². The third-order valence-electron chi connectivity index (χ3n) is 6.08. The van der Waals surface area contributed by atoms with Gasteiger partial charge in [0.25, 0.3) is 0 Å². The van der Waals surface area contributed by atoms with Crippen molar-refractivity contribution in [3.8, 4) is 0 Å². The van der Waals surface area contributed by atoms with Crippen molar-refractivity contribution in [1.82, 2.24) is 15.0 Å². The zero-order valence-corrected chi connectivity index (χ0v) is 18.1. The van der Waals surface area contributed by atoms with E-state index in [2.05, 4.69) is 25.6 Å². The number of Topliss-reactive ketones (excluding diaryl/α,β-unsaturated/α-hetero) is 1. The molecule has 1 aliphatic carbocycles. The summed E-state index contributed by atoms with van der Waals surface area (Å²) in [5, 5.41) is 7.59. The minimum absolute atomic E-state index is 0.212. The van der Waals surface area contributed by atoms with Gasteiger partial charge in [0.15, 0.2) is 5.78 Å². The van der Waals surface area contributed by atoms with Gasteiger partial charge in [-0.2, -0.15) is 0 Å². The van der Waals surface area contributed by atoms with Crippen LogP contribution in [-0.2, 0) is 12.8 Å². The second-order valence-electron chi connectivity index (χ2n) is 8.23. The van der Waals surface area contributed by atoms with Gasteiger partial charge in [0.1, 0.15) is 23.8 Å². The third-order valence-corrected chi connectivity index (χ3v) is 6.08. The smallest absolute Gasteiger partial charge is 0.163 e. The molecule has 2 aromatic carbocycles. The number of carbonyl (C=O) groups is 1. The van der Waals surface area contributed by atoms with Gasteiger partial charge in [-0.05, 0) is 67.6 Å². The van der Waals surface area contributed by atoms with Gasteiger partial charge in [-0.3, -0.25) is 4.79 Å². The van der Waals surface area contributed by atoms with E-state index in [1.54, 1.807) is 0 Å². The zero-order valence-electron chi connectivity index (χ0n) is 18.1. The summed E-state index contributed by atoms with van der Waals surface area (Å²) in [6, 6.07) is 11.0. The SMILES string of the molecule is Cc1[nH]c2c(F)ccc(C)c2c1CCNc1cc(Nc2ccc3c(c2)CCC3=O)ncn1. The lowest BCUT2D eigenvalue weighted by Crippen LogP contribution is -2.08. The number of nitrogens with zero attached hydrogens (tertiary/aromatic N) is 2. The van der Waals surface area contributed by atoms with Crippen LogP contribution in [0.4, 0.5) is 21.7 Å². The van der Waals surface area contributed by atoms with Crippen LogP contribution in [0.25, 0.3) is 10.9 Å². The molecule has 2 aromatic heterocycles. The molecule has 4 aromatic rings. The van der Waals surface area contributed by atoms with E-state index in [9.17, 15) is 9.18 Å². The van der Waals surface area contributed by atoms with Gasteiger partial charge < -0.3 is 15.6 Å². The topological polar surface area (TPSA) is 82.7 Å². The summed E-state index contributed by atoms with van der Waals surface area (Å²) in [4.78, 5) is 23.6. The average Bonchev–Trinajstić information content (AvgIpc) is 3.32. The van der Waals surface area contributed by atoms with Crippen molar-refractivity contribution in [2.45, 2.75) is 33.1 Å². The van der Waals surface area contributed by atoms with E-state index in [4.69, 9.17) is 0 Å². The summed E-state index contributed by atoms with van der Waals surface area (Å²) in [7, 11) is 0. The largest absolute Gasteiger partial charge is 0.370 e. The number of nitrogens with one attached hydrogen (secondary N) is 3. The molecular formula is C25H24FN5O. The molecule has 0 unspecified atom stereocenters. The number of H-pyrrole nitrogens is 1. The Balaban J connectivity index is 1.27. The molecule has 2 heterocycles. The molecule has 6 nitrogen and oxygen atoms in total. The first-order valence-electron chi connectivity index (χ1n) is 10.7. The molecule has 162 valence electrons. The second kappa shape index (κ2) is 8.07. The Hall–Kier alpha value is -3.74. The van der Waals surface area contributed by atoms with E-state index in [1.165, 1.54) is 12.4 Å². The molecule has 0 radical (unpaired) electrons. The van der Waals surface area contributed by atoms with Crippen molar-refractivity contribution in [1.29, 1.82) is 0 Å². The summed E-state index contributed by atoms with van der Waals surface area (Å²) in [6.45, 7) is 4.63. The lowest BCUT2D eigenvalue weighted by molar-refractivity contribution is 0.0994. The van der Waals surface area contributed by atoms with E-state index < -0.39 is 0 Å². The maximum absolute atomic E-state index is 14.2. The number of rotatable bonds is 6. The number of carbonyl (C=O) groups excluding carboxylic acids is 1. The van der Waals surface area contributed by atoms with Crippen LogP contribution >= 0.6 is 0 Å². The number of hydrogen-bond donors (Lipinski definition) is 3. The van der Waals surface area contributed by atoms with Crippen LogP contribution in [0, 0.1) is 19.7 Å². The first kappa shape index (κ1) is 20.2. The number of aromatic nitrogens is 3. The van der Waals surface area contributed by atoms with Gasteiger partial charge in [0, 0.05) is 41.4 Å². The van der Waals surface area contributed by atoms with Gasteiger partial charge in [-0.25, -0.2) is 14.4 Å². The Morgan fingerprint density at radius 2 is 1.91 bits per heavy atom. The molecule has 7 heteroatoms. The van der Waals surface area contributed by atoms with Crippen molar-refractivity contribution in [3.05, 3.63) is 76.5 Å². The Kier molecular flexibility index (Phi) is 5.09. The molecule has 0 fully saturated rings. The lowest BCUT2D eigenvalue weighted by atomic mass is 10.0. The van der Waals surface area contributed by atoms with E-state index in [1.807, 2.05) is 44.2 Å². The Morgan fingerprint density at radius 3 is 2.78 bits per heavy atom. The molecule has 0 saturated carbocycles. The van der Waals surface area contributed by atoms with E-state index in [-0.39, 0.29) is 11.6 Å². The van der Waals surface area contributed by atoms with Crippen LogP contribution in [0.3, 0.4) is 0 Å². The first-order valence-corrected chi connectivity index (χ1v) is 10.7. The number of hydrogen-bond acceptors (Lipinski definition) is 5. The summed E-state index contributed by atoms with van der Waals surface area (Å²) < 4.78 is 14.2. The molecule has 3 N–H and O–H groups in total. The zero-order chi connectivity index (χ0) is 22.2. The molecule has 0 amide bonds. The quantitative estimate of drug-likeness (QED) is 0.390. The van der Waals surface area contributed by atoms with Crippen LogP contribution in [0.5, 0.6) is 0 Å². The van der Waals surface area contributed by atoms with Gasteiger partial charge in [-0.15, -0.1) is 0 Å². The normalized spacial score (nSPS) is 12.9. The molecule has 1 aliphatic rings. The molecule has 0 bridgehead atoms. The number of halogens is 1. The Morgan fingerprint density at radius 1 is 1.06 bits per heavy atom. The number of aryl methyl sites for hydroxylation is 3. The summed E-state index contributed by atoms with van der Waals surface area (Å²) >= 11 is 0. The number of benzene rings is 2. The number of ketones is 1. The van der Waals surface area contributed by atoms with Crippen LogP contribution in [0.1, 0.15) is 39.2 Å². The van der Waals surface area contributed by atoms with Gasteiger partial charge in [0.05, 0.1) is 5.52 Å². The fraction of sp³-hybridized carbons (Fsp3) is 0.240. The number of aromatic amines is 1. The molecule has 32 heavy (non-hydrogen) atoms. The highest BCUT2D eigenvalue weighted by atomic mass is 19.1. The van der Waals surface area contributed by atoms with Crippen LogP contribution < -0.4 is 10.6 Å². The van der Waals surface area contributed by atoms with E-state index >= 15 is 0 Å². The van der Waals surface area contributed by atoms with E-state index in [0.29, 0.717) is 30.1 Å². The fourth-order valence-corrected chi connectivity index (χ4v) is 4.47. The van der Waals surface area contributed by atoms with Gasteiger partial charge >= 0.3 is 0 Å². The van der Waals surface area contributed by atoms with Crippen LogP contribution in [0.15, 0.2) is 42.7 Å². The number of anilines is 3. The predicted octanol–water partition coefficient (Wildman–Crippen LogP) is 5.24. The number of fused-ring (bicyclic) bond motifs is 2. The minimum atomic E-state index is -0.227. The fourth-order valence-electron chi connectivity index (χ4n) is 4.47. The molecule has 0 spiro atoms. The Labute approximate surface area is 185 Å². The summed E-state index contributed by atoms with van der Waals surface area (Å²) in [6.07, 6.45) is 3.62. The second-order valence-corrected chi connectivity index (χ2v) is 8.23. The average molecular weight is 429 g/mol. The highest BCUT2D eigenvalue weighted by Crippen LogP contribution is 2.29. The minimum Gasteiger partial charge on any atom is -0.370 e. The highest BCUT2D eigenvalue weighted by Gasteiger charge is 2.19. The standard InChI is InChI=1S/C25H24FN5O/c1-14-3-7-20(26)25-24(14)18(15(2)30-25)9-10-27-22-12-23(29-13-28-22)31-17-5-6-19-16(11-17)4-8-21(19)32/h3,5-7,11-13,30H,4,8-10H2,1-2H3,(H2,27,28,29,31). The lowest BCUT2D eigenvalue weighted by Gasteiger charge is -2.10. The van der Waals surface area contributed by atoms with Crippen molar-refractivity contribution >= 4 is 34.0 Å².